The van der Waals surface area contributed by atoms with Crippen molar-refractivity contribution in [1.82, 2.24) is 0 Å². The van der Waals surface area contributed by atoms with Crippen molar-refractivity contribution in [2.24, 2.45) is 0 Å². The third-order valence-electron chi connectivity index (χ3n) is 2.16. The lowest BCUT2D eigenvalue weighted by Gasteiger charge is -2.09. The number of hydrogen-bond acceptors (Lipinski definition) is 4. The van der Waals surface area contributed by atoms with Crippen LogP contribution in [0.4, 0.5) is 0 Å². The van der Waals surface area contributed by atoms with Gasteiger partial charge in [0.2, 0.25) is 5.70 Å². The summed E-state index contributed by atoms with van der Waals surface area (Å²) in [7, 11) is 3.04. The Morgan fingerprint density at radius 3 is 2.41 bits per heavy atom. The van der Waals surface area contributed by atoms with Crippen LogP contribution >= 0.6 is 15.9 Å². The number of halogens is 1. The summed E-state index contributed by atoms with van der Waals surface area (Å²) in [5.74, 6) is 1.13. The van der Waals surface area contributed by atoms with Crippen LogP contribution in [0.1, 0.15) is 12.5 Å². The van der Waals surface area contributed by atoms with Gasteiger partial charge in [-0.15, -0.1) is 0 Å². The standard InChI is InChI=1S/C11H12BrNO4/c1-7(13(14)15)4-8-5-11(17-3)9(12)6-10(8)16-2/h4-6H,1-3H3/b7-4-. The molecular formula is C11H12BrNO4. The predicted octanol–water partition coefficient (Wildman–Crippen LogP) is 3.10. The van der Waals surface area contributed by atoms with E-state index in [2.05, 4.69) is 15.9 Å². The van der Waals surface area contributed by atoms with Crippen molar-refractivity contribution in [1.29, 1.82) is 0 Å². The van der Waals surface area contributed by atoms with E-state index in [1.165, 1.54) is 27.2 Å². The molecule has 0 heterocycles. The molecule has 17 heavy (non-hydrogen) atoms. The van der Waals surface area contributed by atoms with E-state index in [-0.39, 0.29) is 5.70 Å². The predicted molar refractivity (Wildman–Crippen MR) is 67.9 cm³/mol. The maximum atomic E-state index is 10.6. The summed E-state index contributed by atoms with van der Waals surface area (Å²) >= 11 is 3.32. The average Bonchev–Trinajstić information content (AvgIpc) is 2.30. The molecule has 0 aromatic heterocycles. The maximum absolute atomic E-state index is 10.6. The quantitative estimate of drug-likeness (QED) is 0.633. The highest BCUT2D eigenvalue weighted by Gasteiger charge is 2.11. The second-order valence-electron chi connectivity index (χ2n) is 3.27. The van der Waals surface area contributed by atoms with E-state index in [1.54, 1.807) is 12.1 Å². The Morgan fingerprint density at radius 1 is 1.35 bits per heavy atom. The van der Waals surface area contributed by atoms with Gasteiger partial charge in [0.15, 0.2) is 0 Å². The molecule has 1 aromatic carbocycles. The minimum atomic E-state index is -0.450. The molecule has 0 saturated carbocycles. The van der Waals surface area contributed by atoms with Crippen molar-refractivity contribution in [3.63, 3.8) is 0 Å². The summed E-state index contributed by atoms with van der Waals surface area (Å²) < 4.78 is 11.0. The summed E-state index contributed by atoms with van der Waals surface area (Å²) in [6, 6.07) is 3.38. The van der Waals surface area contributed by atoms with Gasteiger partial charge in [0, 0.05) is 18.6 Å². The number of rotatable bonds is 4. The fraction of sp³-hybridized carbons (Fsp3) is 0.273. The molecule has 0 bridgehead atoms. The summed E-state index contributed by atoms with van der Waals surface area (Å²) in [6.45, 7) is 1.42. The Morgan fingerprint density at radius 2 is 1.94 bits per heavy atom. The molecule has 0 aliphatic heterocycles. The van der Waals surface area contributed by atoms with E-state index in [1.807, 2.05) is 0 Å². The molecule has 0 radical (unpaired) electrons. The first-order valence-electron chi connectivity index (χ1n) is 4.73. The lowest BCUT2D eigenvalue weighted by molar-refractivity contribution is -0.422. The van der Waals surface area contributed by atoms with Crippen LogP contribution in [-0.2, 0) is 0 Å². The second kappa shape index (κ2) is 5.67. The maximum Gasteiger partial charge on any atom is 0.243 e. The van der Waals surface area contributed by atoms with Gasteiger partial charge >= 0.3 is 0 Å². The summed E-state index contributed by atoms with van der Waals surface area (Å²) in [6.07, 6.45) is 1.44. The van der Waals surface area contributed by atoms with Gasteiger partial charge in [-0.25, -0.2) is 0 Å². The Hall–Kier alpha value is -1.56. The summed E-state index contributed by atoms with van der Waals surface area (Å²) in [5.41, 5.74) is 0.634. The van der Waals surface area contributed by atoms with E-state index in [0.717, 1.165) is 4.47 Å². The highest BCUT2D eigenvalue weighted by molar-refractivity contribution is 9.10. The molecule has 0 amide bonds. The van der Waals surface area contributed by atoms with Crippen LogP contribution in [0.5, 0.6) is 11.5 Å². The van der Waals surface area contributed by atoms with Crippen LogP contribution in [0, 0.1) is 10.1 Å². The van der Waals surface area contributed by atoms with E-state index >= 15 is 0 Å². The SMILES string of the molecule is COc1cc(/C=C(/C)[N+](=O)[O-])c(OC)cc1Br. The van der Waals surface area contributed by atoms with Crippen molar-refractivity contribution in [3.8, 4) is 11.5 Å². The van der Waals surface area contributed by atoms with Crippen molar-refractivity contribution in [3.05, 3.63) is 38.0 Å². The molecule has 0 aliphatic rings. The van der Waals surface area contributed by atoms with Crippen molar-refractivity contribution >= 4 is 22.0 Å². The van der Waals surface area contributed by atoms with Crippen molar-refractivity contribution < 1.29 is 14.4 Å². The molecule has 0 N–H and O–H groups in total. The number of hydrogen-bond donors (Lipinski definition) is 0. The number of benzene rings is 1. The molecule has 0 saturated heterocycles. The van der Waals surface area contributed by atoms with Crippen LogP contribution in [0.3, 0.4) is 0 Å². The van der Waals surface area contributed by atoms with Gasteiger partial charge in [-0.3, -0.25) is 10.1 Å². The highest BCUT2D eigenvalue weighted by atomic mass is 79.9. The Balaban J connectivity index is 3.31. The molecule has 1 rings (SSSR count). The first kappa shape index (κ1) is 13.5. The van der Waals surface area contributed by atoms with Gasteiger partial charge < -0.3 is 9.47 Å². The lowest BCUT2D eigenvalue weighted by Crippen LogP contribution is -1.95. The van der Waals surface area contributed by atoms with E-state index in [4.69, 9.17) is 9.47 Å². The third-order valence-corrected chi connectivity index (χ3v) is 2.78. The second-order valence-corrected chi connectivity index (χ2v) is 4.13. The Labute approximate surface area is 107 Å². The molecule has 1 aromatic rings. The number of nitro groups is 1. The van der Waals surface area contributed by atoms with Gasteiger partial charge in [0.05, 0.1) is 23.6 Å². The Bertz CT molecular complexity index is 471. The summed E-state index contributed by atoms with van der Waals surface area (Å²) in [5, 5.41) is 10.6. The molecule has 6 heteroatoms. The van der Waals surface area contributed by atoms with E-state index in [9.17, 15) is 10.1 Å². The average molecular weight is 302 g/mol. The largest absolute Gasteiger partial charge is 0.496 e. The zero-order valence-corrected chi connectivity index (χ0v) is 11.3. The van der Waals surface area contributed by atoms with Gasteiger partial charge in [0.1, 0.15) is 11.5 Å². The van der Waals surface area contributed by atoms with E-state index in [0.29, 0.717) is 17.1 Å². The molecular weight excluding hydrogens is 290 g/mol. The summed E-state index contributed by atoms with van der Waals surface area (Å²) in [4.78, 5) is 10.1. The molecule has 0 unspecified atom stereocenters. The zero-order chi connectivity index (χ0) is 13.0. The highest BCUT2D eigenvalue weighted by Crippen LogP contribution is 2.33. The number of ether oxygens (including phenoxy) is 2. The van der Waals surface area contributed by atoms with Crippen LogP contribution in [0.15, 0.2) is 22.3 Å². The van der Waals surface area contributed by atoms with Gasteiger partial charge in [-0.2, -0.15) is 0 Å². The van der Waals surface area contributed by atoms with Crippen molar-refractivity contribution in [2.45, 2.75) is 6.92 Å². The minimum absolute atomic E-state index is 0.0349. The lowest BCUT2D eigenvalue weighted by atomic mass is 10.1. The zero-order valence-electron chi connectivity index (χ0n) is 9.69. The molecule has 0 atom stereocenters. The fourth-order valence-electron chi connectivity index (χ4n) is 1.27. The normalized spacial score (nSPS) is 11.2. The fourth-order valence-corrected chi connectivity index (χ4v) is 1.76. The topological polar surface area (TPSA) is 61.6 Å². The first-order chi connectivity index (χ1) is 7.99. The monoisotopic (exact) mass is 301 g/mol. The smallest absolute Gasteiger partial charge is 0.243 e. The van der Waals surface area contributed by atoms with Gasteiger partial charge in [-0.05, 0) is 28.1 Å². The van der Waals surface area contributed by atoms with Crippen LogP contribution < -0.4 is 9.47 Å². The van der Waals surface area contributed by atoms with Gasteiger partial charge in [0.25, 0.3) is 0 Å². The number of allylic oxidation sites excluding steroid dienone is 1. The number of nitrogens with zero attached hydrogens (tertiary/aromatic N) is 1. The molecule has 0 spiro atoms. The Kier molecular flexibility index (Phi) is 4.51. The third kappa shape index (κ3) is 3.20. The van der Waals surface area contributed by atoms with Crippen LogP contribution in [0.2, 0.25) is 0 Å². The molecule has 5 nitrogen and oxygen atoms in total. The molecule has 0 fully saturated rings. The minimum Gasteiger partial charge on any atom is -0.496 e. The van der Waals surface area contributed by atoms with Gasteiger partial charge in [-0.1, -0.05) is 0 Å². The molecule has 92 valence electrons. The van der Waals surface area contributed by atoms with Crippen LogP contribution in [-0.4, -0.2) is 19.1 Å². The number of methoxy groups -OCH3 is 2. The van der Waals surface area contributed by atoms with Crippen LogP contribution in [0.25, 0.3) is 6.08 Å². The van der Waals surface area contributed by atoms with E-state index < -0.39 is 4.92 Å². The molecule has 0 aliphatic carbocycles. The van der Waals surface area contributed by atoms with Crippen molar-refractivity contribution in [2.75, 3.05) is 14.2 Å². The first-order valence-corrected chi connectivity index (χ1v) is 5.53.